The summed E-state index contributed by atoms with van der Waals surface area (Å²) in [5.41, 5.74) is 1.16. The standard InChI is InChI=1S/C9H7N7O2S.Na/c1-15-4-14-7(16(17)18)9(15)19-8-5-6(11-2-10-5)12-3-13-8;/h2-4H,1H3,(H,10,11,12,13);. The smallest absolute Gasteiger partial charge is 0.358 e. The SMILES string of the molecule is Cn1cnc([N+](=O)[O-])c1Sc1ncnc2nc[nH]c12.[Na]. The number of nitro groups is 1. The van der Waals surface area contributed by atoms with Crippen LogP contribution in [-0.2, 0) is 7.05 Å². The molecule has 1 radical (unpaired) electrons. The maximum absolute atomic E-state index is 10.9. The Morgan fingerprint density at radius 1 is 1.35 bits per heavy atom. The van der Waals surface area contributed by atoms with Crippen molar-refractivity contribution in [2.75, 3.05) is 0 Å². The van der Waals surface area contributed by atoms with E-state index < -0.39 is 4.92 Å². The number of imidazole rings is 2. The Hall–Kier alpha value is -1.49. The van der Waals surface area contributed by atoms with E-state index in [-0.39, 0.29) is 35.4 Å². The third-order valence-electron chi connectivity index (χ3n) is 2.42. The Labute approximate surface area is 138 Å². The summed E-state index contributed by atoms with van der Waals surface area (Å²) >= 11 is 1.15. The van der Waals surface area contributed by atoms with Crippen molar-refractivity contribution in [1.29, 1.82) is 0 Å². The molecule has 0 saturated carbocycles. The maximum atomic E-state index is 10.9. The fourth-order valence-electron chi connectivity index (χ4n) is 1.56. The fraction of sp³-hybridized carbons (Fsp3) is 0.111. The predicted molar refractivity (Wildman–Crippen MR) is 71.4 cm³/mol. The van der Waals surface area contributed by atoms with Crippen molar-refractivity contribution in [3.8, 4) is 0 Å². The minimum Gasteiger partial charge on any atom is -0.358 e. The molecule has 20 heavy (non-hydrogen) atoms. The fourth-order valence-corrected chi connectivity index (χ4v) is 2.51. The molecule has 0 saturated heterocycles. The number of aryl methyl sites for hydroxylation is 1. The molecule has 0 aliphatic rings. The van der Waals surface area contributed by atoms with Crippen LogP contribution in [-0.4, -0.2) is 64.0 Å². The Balaban J connectivity index is 0.00000147. The summed E-state index contributed by atoms with van der Waals surface area (Å²) in [4.78, 5) is 29.2. The summed E-state index contributed by atoms with van der Waals surface area (Å²) in [5, 5.41) is 11.9. The summed E-state index contributed by atoms with van der Waals surface area (Å²) in [5.74, 6) is -0.196. The van der Waals surface area contributed by atoms with Crippen LogP contribution in [0.1, 0.15) is 0 Å². The van der Waals surface area contributed by atoms with Gasteiger partial charge < -0.3 is 19.7 Å². The van der Waals surface area contributed by atoms with Crippen LogP contribution in [0.5, 0.6) is 0 Å². The van der Waals surface area contributed by atoms with Crippen molar-refractivity contribution in [3.63, 3.8) is 0 Å². The summed E-state index contributed by atoms with van der Waals surface area (Å²) in [6.45, 7) is 0. The minimum absolute atomic E-state index is 0. The molecule has 3 aromatic rings. The van der Waals surface area contributed by atoms with Gasteiger partial charge in [-0.15, -0.1) is 0 Å². The maximum Gasteiger partial charge on any atom is 0.396 e. The molecule has 0 atom stereocenters. The molecular weight excluding hydrogens is 293 g/mol. The number of aromatic nitrogens is 6. The normalized spacial score (nSPS) is 10.4. The first-order valence-electron chi connectivity index (χ1n) is 5.14. The molecule has 0 bridgehead atoms. The number of hydrogen-bond acceptors (Lipinski definition) is 7. The second-order valence-corrected chi connectivity index (χ2v) is 4.60. The summed E-state index contributed by atoms with van der Waals surface area (Å²) in [6, 6.07) is 0. The first kappa shape index (κ1) is 14.9. The summed E-state index contributed by atoms with van der Waals surface area (Å²) in [7, 11) is 1.69. The first-order chi connectivity index (χ1) is 9.16. The molecule has 3 aromatic heterocycles. The van der Waals surface area contributed by atoms with Crippen molar-refractivity contribution in [3.05, 3.63) is 29.1 Å². The van der Waals surface area contributed by atoms with Gasteiger partial charge in [0.25, 0.3) is 0 Å². The first-order valence-corrected chi connectivity index (χ1v) is 5.96. The second kappa shape index (κ2) is 5.87. The largest absolute Gasteiger partial charge is 0.396 e. The van der Waals surface area contributed by atoms with E-state index in [0.717, 1.165) is 11.8 Å². The van der Waals surface area contributed by atoms with Crippen LogP contribution < -0.4 is 0 Å². The number of rotatable bonds is 3. The Morgan fingerprint density at radius 2 is 2.15 bits per heavy atom. The van der Waals surface area contributed by atoms with Crippen LogP contribution >= 0.6 is 11.8 Å². The van der Waals surface area contributed by atoms with E-state index in [1.54, 1.807) is 11.6 Å². The monoisotopic (exact) mass is 300 g/mol. The number of aromatic amines is 1. The van der Waals surface area contributed by atoms with Crippen LogP contribution in [0.4, 0.5) is 5.82 Å². The van der Waals surface area contributed by atoms with Gasteiger partial charge in [0.15, 0.2) is 10.7 Å². The van der Waals surface area contributed by atoms with Gasteiger partial charge in [-0.2, -0.15) is 0 Å². The van der Waals surface area contributed by atoms with Gasteiger partial charge in [-0.05, 0) is 21.7 Å². The Morgan fingerprint density at radius 3 is 2.90 bits per heavy atom. The van der Waals surface area contributed by atoms with E-state index in [1.807, 2.05) is 0 Å². The second-order valence-electron chi connectivity index (χ2n) is 3.62. The zero-order chi connectivity index (χ0) is 13.4. The van der Waals surface area contributed by atoms with E-state index in [4.69, 9.17) is 0 Å². The van der Waals surface area contributed by atoms with Crippen molar-refractivity contribution in [1.82, 2.24) is 29.5 Å². The Bertz CT molecular complexity index is 771. The molecule has 97 valence electrons. The number of hydrogen-bond donors (Lipinski definition) is 1. The van der Waals surface area contributed by atoms with Gasteiger partial charge in [0.2, 0.25) is 6.33 Å². The average Bonchev–Trinajstić information content (AvgIpc) is 2.97. The van der Waals surface area contributed by atoms with E-state index in [0.29, 0.717) is 21.2 Å². The zero-order valence-corrected chi connectivity index (χ0v) is 13.5. The number of nitrogens with one attached hydrogen (secondary N) is 1. The molecule has 3 heterocycles. The average molecular weight is 300 g/mol. The van der Waals surface area contributed by atoms with Crippen LogP contribution in [0.3, 0.4) is 0 Å². The van der Waals surface area contributed by atoms with Crippen molar-refractivity contribution in [2.45, 2.75) is 10.1 Å². The topological polar surface area (TPSA) is 115 Å². The molecule has 1 N–H and O–H groups in total. The van der Waals surface area contributed by atoms with Crippen molar-refractivity contribution >= 4 is 58.3 Å². The van der Waals surface area contributed by atoms with Gasteiger partial charge in [0.05, 0.1) is 6.33 Å². The molecule has 0 aromatic carbocycles. The minimum atomic E-state index is -0.520. The van der Waals surface area contributed by atoms with Gasteiger partial charge >= 0.3 is 5.82 Å². The van der Waals surface area contributed by atoms with E-state index in [1.165, 1.54) is 19.0 Å². The van der Waals surface area contributed by atoms with Crippen molar-refractivity contribution in [2.24, 2.45) is 7.05 Å². The van der Waals surface area contributed by atoms with Gasteiger partial charge in [0, 0.05) is 36.6 Å². The number of H-pyrrole nitrogens is 1. The number of fused-ring (bicyclic) bond motifs is 1. The van der Waals surface area contributed by atoms with Crippen LogP contribution in [0.15, 0.2) is 29.0 Å². The summed E-state index contributed by atoms with van der Waals surface area (Å²) < 4.78 is 1.58. The van der Waals surface area contributed by atoms with Crippen molar-refractivity contribution < 1.29 is 4.92 Å². The van der Waals surface area contributed by atoms with Crippen LogP contribution in [0.25, 0.3) is 11.2 Å². The molecule has 0 amide bonds. The van der Waals surface area contributed by atoms with Crippen LogP contribution in [0, 0.1) is 10.1 Å². The van der Waals surface area contributed by atoms with Gasteiger partial charge in [-0.1, -0.05) is 0 Å². The quantitative estimate of drug-likeness (QED) is 0.328. The molecule has 3 rings (SSSR count). The molecule has 11 heteroatoms. The molecule has 9 nitrogen and oxygen atoms in total. The molecule has 0 aliphatic carbocycles. The third kappa shape index (κ3) is 2.54. The molecule has 0 unspecified atom stereocenters. The zero-order valence-electron chi connectivity index (χ0n) is 10.6. The predicted octanol–water partition coefficient (Wildman–Crippen LogP) is 0.765. The van der Waals surface area contributed by atoms with Gasteiger partial charge in [0.1, 0.15) is 16.9 Å². The third-order valence-corrected chi connectivity index (χ3v) is 3.59. The van der Waals surface area contributed by atoms with Gasteiger partial charge in [-0.3, -0.25) is 0 Å². The molecule has 0 aliphatic heterocycles. The van der Waals surface area contributed by atoms with E-state index in [9.17, 15) is 10.1 Å². The molecule has 0 spiro atoms. The van der Waals surface area contributed by atoms with Gasteiger partial charge in [-0.25, -0.2) is 15.0 Å². The Kier molecular flexibility index (Phi) is 4.38. The van der Waals surface area contributed by atoms with E-state index >= 15 is 0 Å². The molecular formula is C9H7N7NaO2S. The molecule has 0 fully saturated rings. The number of nitrogens with zero attached hydrogens (tertiary/aromatic N) is 6. The summed E-state index contributed by atoms with van der Waals surface area (Å²) in [6.07, 6.45) is 4.26. The van der Waals surface area contributed by atoms with E-state index in [2.05, 4.69) is 24.9 Å². The van der Waals surface area contributed by atoms with Crippen LogP contribution in [0.2, 0.25) is 0 Å².